The highest BCUT2D eigenvalue weighted by molar-refractivity contribution is 6.03. The molecule has 3 heteroatoms. The predicted octanol–water partition coefficient (Wildman–Crippen LogP) is 3.33. The Morgan fingerprint density at radius 3 is 2.76 bits per heavy atom. The fourth-order valence-electron chi connectivity index (χ4n) is 2.67. The molecule has 1 heterocycles. The van der Waals surface area contributed by atoms with Crippen molar-refractivity contribution in [3.8, 4) is 0 Å². The number of carbonyl (C=O) groups excluding carboxylic acids is 1. The van der Waals surface area contributed by atoms with Crippen LogP contribution in [0.2, 0.25) is 0 Å². The van der Waals surface area contributed by atoms with Gasteiger partial charge in [0.2, 0.25) is 0 Å². The molecule has 1 aromatic heterocycles. The van der Waals surface area contributed by atoms with E-state index in [-0.39, 0.29) is 0 Å². The maximum atomic E-state index is 11.2. The van der Waals surface area contributed by atoms with E-state index in [4.69, 9.17) is 0 Å². The average Bonchev–Trinajstić information content (AvgIpc) is 2.96. The number of H-pyrrole nitrogens is 1. The number of aromatic nitrogens is 1. The second-order valence-electron chi connectivity index (χ2n) is 4.70. The molecule has 0 atom stereocenters. The smallest absolute Gasteiger partial charge is 0.154 e. The summed E-state index contributed by atoms with van der Waals surface area (Å²) in [6.45, 7) is 0. The minimum absolute atomic E-state index is 0.516. The summed E-state index contributed by atoms with van der Waals surface area (Å²) < 4.78 is 0. The van der Waals surface area contributed by atoms with E-state index in [1.165, 1.54) is 25.7 Å². The highest BCUT2D eigenvalue weighted by atomic mass is 16.1. The molecule has 0 saturated heterocycles. The zero-order chi connectivity index (χ0) is 11.7. The van der Waals surface area contributed by atoms with Crippen molar-refractivity contribution in [1.29, 1.82) is 0 Å². The molecular weight excluding hydrogens is 212 g/mol. The molecule has 0 spiro atoms. The summed E-state index contributed by atoms with van der Waals surface area (Å²) in [6, 6.07) is 8.44. The Bertz CT molecular complexity index is 538. The first-order valence-corrected chi connectivity index (χ1v) is 6.21. The van der Waals surface area contributed by atoms with Gasteiger partial charge in [0.1, 0.15) is 5.82 Å². The van der Waals surface area contributed by atoms with Gasteiger partial charge in [-0.15, -0.1) is 0 Å². The van der Waals surface area contributed by atoms with Crippen LogP contribution >= 0.6 is 0 Å². The third-order valence-corrected chi connectivity index (χ3v) is 3.57. The van der Waals surface area contributed by atoms with Crippen LogP contribution < -0.4 is 5.32 Å². The van der Waals surface area contributed by atoms with Crippen molar-refractivity contribution < 1.29 is 4.79 Å². The molecule has 0 aliphatic heterocycles. The summed E-state index contributed by atoms with van der Waals surface area (Å²) in [6.07, 6.45) is 5.92. The van der Waals surface area contributed by atoms with Gasteiger partial charge in [-0.3, -0.25) is 4.79 Å². The lowest BCUT2D eigenvalue weighted by molar-refractivity contribution is 0.112. The number of anilines is 1. The quantitative estimate of drug-likeness (QED) is 0.791. The number of rotatable bonds is 3. The van der Waals surface area contributed by atoms with Crippen molar-refractivity contribution in [3.05, 3.63) is 29.8 Å². The number of nitrogens with one attached hydrogen (secondary N) is 2. The van der Waals surface area contributed by atoms with Crippen molar-refractivity contribution in [2.24, 2.45) is 0 Å². The molecule has 0 bridgehead atoms. The molecule has 3 nitrogen and oxygen atoms in total. The van der Waals surface area contributed by atoms with E-state index in [1.807, 2.05) is 24.3 Å². The lowest BCUT2D eigenvalue weighted by Gasteiger charge is -2.12. The molecule has 3 rings (SSSR count). The Kier molecular flexibility index (Phi) is 2.59. The summed E-state index contributed by atoms with van der Waals surface area (Å²) >= 11 is 0. The molecule has 0 radical (unpaired) electrons. The van der Waals surface area contributed by atoms with E-state index in [2.05, 4.69) is 10.3 Å². The van der Waals surface area contributed by atoms with Crippen molar-refractivity contribution in [2.75, 3.05) is 5.32 Å². The molecule has 0 unspecified atom stereocenters. The SMILES string of the molecule is O=Cc1c(NC2CCCC2)[nH]c2ccccc12. The molecule has 1 fully saturated rings. The number of carbonyl (C=O) groups is 1. The lowest BCUT2D eigenvalue weighted by Crippen LogP contribution is -2.15. The van der Waals surface area contributed by atoms with Crippen LogP contribution in [0.15, 0.2) is 24.3 Å². The number of para-hydroxylation sites is 1. The number of aldehydes is 1. The van der Waals surface area contributed by atoms with Gasteiger partial charge in [-0.05, 0) is 18.9 Å². The Morgan fingerprint density at radius 1 is 1.24 bits per heavy atom. The zero-order valence-electron chi connectivity index (χ0n) is 9.70. The van der Waals surface area contributed by atoms with Gasteiger partial charge in [-0.25, -0.2) is 0 Å². The van der Waals surface area contributed by atoms with Gasteiger partial charge in [0, 0.05) is 16.9 Å². The van der Waals surface area contributed by atoms with Crippen LogP contribution in [0.4, 0.5) is 5.82 Å². The summed E-state index contributed by atoms with van der Waals surface area (Å²) in [5.41, 5.74) is 1.78. The summed E-state index contributed by atoms with van der Waals surface area (Å²) in [7, 11) is 0. The number of benzene rings is 1. The Labute approximate surface area is 100 Å². The standard InChI is InChI=1S/C14H16N2O/c17-9-12-11-7-3-4-8-13(11)16-14(12)15-10-5-1-2-6-10/h3-4,7-10,15-16H,1-2,5-6H2. The number of hydrogen-bond donors (Lipinski definition) is 2. The Balaban J connectivity index is 1.99. The molecule has 88 valence electrons. The fourth-order valence-corrected chi connectivity index (χ4v) is 2.67. The first kappa shape index (κ1) is 10.4. The molecule has 17 heavy (non-hydrogen) atoms. The van der Waals surface area contributed by atoms with Gasteiger partial charge in [-0.2, -0.15) is 0 Å². The first-order valence-electron chi connectivity index (χ1n) is 6.21. The Hall–Kier alpha value is -1.77. The number of fused-ring (bicyclic) bond motifs is 1. The average molecular weight is 228 g/mol. The van der Waals surface area contributed by atoms with Crippen LogP contribution in [0.3, 0.4) is 0 Å². The van der Waals surface area contributed by atoms with Gasteiger partial charge < -0.3 is 10.3 Å². The molecule has 1 aliphatic carbocycles. The number of hydrogen-bond acceptors (Lipinski definition) is 2. The van der Waals surface area contributed by atoms with E-state index in [0.29, 0.717) is 6.04 Å². The van der Waals surface area contributed by atoms with E-state index >= 15 is 0 Å². The van der Waals surface area contributed by atoms with E-state index < -0.39 is 0 Å². The normalized spacial score (nSPS) is 16.5. The monoisotopic (exact) mass is 228 g/mol. The number of aromatic amines is 1. The summed E-state index contributed by atoms with van der Waals surface area (Å²) in [5, 5.41) is 4.47. The van der Waals surface area contributed by atoms with Crippen LogP contribution in [0, 0.1) is 0 Å². The van der Waals surface area contributed by atoms with Gasteiger partial charge in [0.05, 0.1) is 5.56 Å². The maximum Gasteiger partial charge on any atom is 0.154 e. The van der Waals surface area contributed by atoms with Gasteiger partial charge in [0.15, 0.2) is 6.29 Å². The highest BCUT2D eigenvalue weighted by Crippen LogP contribution is 2.28. The third-order valence-electron chi connectivity index (χ3n) is 3.57. The summed E-state index contributed by atoms with van der Waals surface area (Å²) in [5.74, 6) is 0.883. The topological polar surface area (TPSA) is 44.9 Å². The van der Waals surface area contributed by atoms with Crippen LogP contribution in [0.5, 0.6) is 0 Å². The molecule has 2 N–H and O–H groups in total. The van der Waals surface area contributed by atoms with Crippen LogP contribution in [-0.4, -0.2) is 17.3 Å². The molecule has 1 aromatic carbocycles. The molecule has 0 amide bonds. The highest BCUT2D eigenvalue weighted by Gasteiger charge is 2.18. The van der Waals surface area contributed by atoms with Crippen molar-refractivity contribution in [3.63, 3.8) is 0 Å². The first-order chi connectivity index (χ1) is 8.38. The molecular formula is C14H16N2O. The minimum Gasteiger partial charge on any atom is -0.368 e. The summed E-state index contributed by atoms with van der Waals surface area (Å²) in [4.78, 5) is 14.5. The van der Waals surface area contributed by atoms with E-state index in [9.17, 15) is 4.79 Å². The molecule has 1 saturated carbocycles. The third kappa shape index (κ3) is 1.82. The lowest BCUT2D eigenvalue weighted by atomic mass is 10.1. The second kappa shape index (κ2) is 4.24. The predicted molar refractivity (Wildman–Crippen MR) is 69.6 cm³/mol. The second-order valence-corrected chi connectivity index (χ2v) is 4.70. The van der Waals surface area contributed by atoms with Crippen LogP contribution in [0.25, 0.3) is 10.9 Å². The van der Waals surface area contributed by atoms with Crippen molar-refractivity contribution >= 4 is 23.0 Å². The fraction of sp³-hybridized carbons (Fsp3) is 0.357. The molecule has 1 aliphatic rings. The maximum absolute atomic E-state index is 11.2. The van der Waals surface area contributed by atoms with Crippen LogP contribution in [0.1, 0.15) is 36.0 Å². The van der Waals surface area contributed by atoms with E-state index in [0.717, 1.165) is 28.6 Å². The van der Waals surface area contributed by atoms with Crippen molar-refractivity contribution in [2.45, 2.75) is 31.7 Å². The van der Waals surface area contributed by atoms with E-state index in [1.54, 1.807) is 0 Å². The zero-order valence-corrected chi connectivity index (χ0v) is 9.70. The Morgan fingerprint density at radius 2 is 2.00 bits per heavy atom. The molecule has 2 aromatic rings. The van der Waals surface area contributed by atoms with Crippen molar-refractivity contribution in [1.82, 2.24) is 4.98 Å². The van der Waals surface area contributed by atoms with Gasteiger partial charge >= 0.3 is 0 Å². The van der Waals surface area contributed by atoms with Gasteiger partial charge in [-0.1, -0.05) is 31.0 Å². The van der Waals surface area contributed by atoms with Gasteiger partial charge in [0.25, 0.3) is 0 Å². The largest absolute Gasteiger partial charge is 0.368 e. The minimum atomic E-state index is 0.516. The van der Waals surface area contributed by atoms with Crippen LogP contribution in [-0.2, 0) is 0 Å².